The first-order chi connectivity index (χ1) is 7.69. The van der Waals surface area contributed by atoms with Gasteiger partial charge in [-0.3, -0.25) is 0 Å². The molecule has 0 aliphatic carbocycles. The summed E-state index contributed by atoms with van der Waals surface area (Å²) in [5, 5.41) is 0.629. The van der Waals surface area contributed by atoms with Gasteiger partial charge in [0.05, 0.1) is 0 Å². The van der Waals surface area contributed by atoms with Crippen molar-refractivity contribution in [1.29, 1.82) is 0 Å². The molecule has 0 aliphatic rings. The van der Waals surface area contributed by atoms with E-state index in [2.05, 4.69) is 20.1 Å². The summed E-state index contributed by atoms with van der Waals surface area (Å²) in [5.74, 6) is 0. The third-order valence-corrected chi connectivity index (χ3v) is 2.36. The van der Waals surface area contributed by atoms with E-state index in [9.17, 15) is 0 Å². The first kappa shape index (κ1) is 14.7. The van der Waals surface area contributed by atoms with E-state index in [1.165, 1.54) is 5.56 Å². The van der Waals surface area contributed by atoms with Gasteiger partial charge in [-0.2, -0.15) is 0 Å². The molecule has 0 heterocycles. The summed E-state index contributed by atoms with van der Waals surface area (Å²) in [6.07, 6.45) is 3.37. The Balaban J connectivity index is 0.00000106. The number of benzene rings is 1. The second-order valence-electron chi connectivity index (χ2n) is 3.04. The molecular formula is C15H19Cl. The lowest BCUT2D eigenvalue weighted by molar-refractivity contribution is 1.45. The maximum Gasteiger partial charge on any atom is 0.0478 e. The lowest BCUT2D eigenvalue weighted by Crippen LogP contribution is -1.83. The molecule has 0 spiro atoms. The lowest BCUT2D eigenvalue weighted by atomic mass is 10.0. The molecule has 0 unspecified atom stereocenters. The fourth-order valence-corrected chi connectivity index (χ4v) is 1.38. The highest BCUT2D eigenvalue weighted by molar-refractivity contribution is 6.34. The van der Waals surface area contributed by atoms with Crippen LogP contribution in [0.15, 0.2) is 54.6 Å². The highest BCUT2D eigenvalue weighted by Gasteiger charge is 2.00. The number of hydrogen-bond acceptors (Lipinski definition) is 0. The van der Waals surface area contributed by atoms with E-state index in [0.717, 1.165) is 11.1 Å². The molecule has 0 aromatic heterocycles. The van der Waals surface area contributed by atoms with Gasteiger partial charge in [-0.25, -0.2) is 0 Å². The van der Waals surface area contributed by atoms with Crippen LogP contribution in [-0.4, -0.2) is 0 Å². The van der Waals surface area contributed by atoms with E-state index in [0.29, 0.717) is 5.03 Å². The van der Waals surface area contributed by atoms with Gasteiger partial charge in [0, 0.05) is 5.03 Å². The van der Waals surface area contributed by atoms with Crippen LogP contribution in [0.5, 0.6) is 0 Å². The summed E-state index contributed by atoms with van der Waals surface area (Å²) in [6.45, 7) is 13.4. The van der Waals surface area contributed by atoms with Crippen LogP contribution in [-0.2, 0) is 0 Å². The van der Waals surface area contributed by atoms with Gasteiger partial charge in [-0.1, -0.05) is 80.6 Å². The summed E-state index contributed by atoms with van der Waals surface area (Å²) in [5.41, 5.74) is 3.21. The molecule has 16 heavy (non-hydrogen) atoms. The van der Waals surface area contributed by atoms with E-state index in [4.69, 9.17) is 11.6 Å². The molecule has 0 amide bonds. The van der Waals surface area contributed by atoms with E-state index in [1.807, 2.05) is 38.1 Å². The van der Waals surface area contributed by atoms with Crippen molar-refractivity contribution in [2.75, 3.05) is 0 Å². The zero-order chi connectivity index (χ0) is 12.6. The van der Waals surface area contributed by atoms with Crippen molar-refractivity contribution in [2.45, 2.75) is 20.8 Å². The van der Waals surface area contributed by atoms with Crippen molar-refractivity contribution in [3.05, 3.63) is 65.7 Å². The number of allylic oxidation sites excluding steroid dienone is 4. The highest BCUT2D eigenvalue weighted by Crippen LogP contribution is 2.23. The molecule has 1 aromatic carbocycles. The van der Waals surface area contributed by atoms with Crippen molar-refractivity contribution < 1.29 is 0 Å². The fraction of sp³-hybridized carbons (Fsp3) is 0.200. The zero-order valence-corrected chi connectivity index (χ0v) is 11.0. The molecule has 0 radical (unpaired) electrons. The van der Waals surface area contributed by atoms with Crippen LogP contribution in [0.1, 0.15) is 25.0 Å². The summed E-state index contributed by atoms with van der Waals surface area (Å²) in [7, 11) is 0. The van der Waals surface area contributed by atoms with E-state index in [-0.39, 0.29) is 0 Å². The number of hydrogen-bond donors (Lipinski definition) is 0. The molecule has 0 N–H and O–H groups in total. The minimum absolute atomic E-state index is 0.629. The summed E-state index contributed by atoms with van der Waals surface area (Å²) in [4.78, 5) is 0. The Kier molecular flexibility index (Phi) is 7.32. The Morgan fingerprint density at radius 1 is 1.06 bits per heavy atom. The Morgan fingerprint density at radius 2 is 1.56 bits per heavy atom. The van der Waals surface area contributed by atoms with Crippen LogP contribution in [0.4, 0.5) is 0 Å². The first-order valence-electron chi connectivity index (χ1n) is 5.40. The van der Waals surface area contributed by atoms with E-state index < -0.39 is 0 Å². The van der Waals surface area contributed by atoms with Crippen LogP contribution >= 0.6 is 11.6 Å². The number of aryl methyl sites for hydroxylation is 1. The van der Waals surface area contributed by atoms with Crippen LogP contribution < -0.4 is 0 Å². The van der Waals surface area contributed by atoms with Crippen molar-refractivity contribution in [3.8, 4) is 0 Å². The average molecular weight is 235 g/mol. The molecule has 0 aliphatic heterocycles. The largest absolute Gasteiger partial charge is 0.0984 e. The molecule has 0 nitrogen and oxygen atoms in total. The van der Waals surface area contributed by atoms with Crippen LogP contribution in [0, 0.1) is 6.92 Å². The zero-order valence-electron chi connectivity index (χ0n) is 10.3. The van der Waals surface area contributed by atoms with Crippen LogP contribution in [0.2, 0.25) is 0 Å². The van der Waals surface area contributed by atoms with Crippen molar-refractivity contribution in [3.63, 3.8) is 0 Å². The minimum atomic E-state index is 0.629. The SMILES string of the molecule is C=C/C(Cl)=C(\C=C)c1ccc(C)cc1.CC. The molecule has 86 valence electrons. The summed E-state index contributed by atoms with van der Waals surface area (Å²) in [6, 6.07) is 8.15. The minimum Gasteiger partial charge on any atom is -0.0984 e. The molecule has 0 fully saturated rings. The van der Waals surface area contributed by atoms with Crippen molar-refractivity contribution in [2.24, 2.45) is 0 Å². The quantitative estimate of drug-likeness (QED) is 0.619. The Hall–Kier alpha value is -1.27. The van der Waals surface area contributed by atoms with Gasteiger partial charge in [0.15, 0.2) is 0 Å². The average Bonchev–Trinajstić information content (AvgIpc) is 2.34. The summed E-state index contributed by atoms with van der Waals surface area (Å²) >= 11 is 6.00. The third-order valence-electron chi connectivity index (χ3n) is 2.00. The molecule has 0 saturated carbocycles. The van der Waals surface area contributed by atoms with Crippen molar-refractivity contribution in [1.82, 2.24) is 0 Å². The molecule has 1 rings (SSSR count). The number of rotatable bonds is 3. The van der Waals surface area contributed by atoms with Crippen molar-refractivity contribution >= 4 is 17.2 Å². The highest BCUT2D eigenvalue weighted by atomic mass is 35.5. The second kappa shape index (κ2) is 7.95. The molecule has 1 heteroatoms. The summed E-state index contributed by atoms with van der Waals surface area (Å²) < 4.78 is 0. The van der Waals surface area contributed by atoms with Gasteiger partial charge in [0.25, 0.3) is 0 Å². The smallest absolute Gasteiger partial charge is 0.0478 e. The van der Waals surface area contributed by atoms with Gasteiger partial charge in [-0.05, 0) is 18.1 Å². The van der Waals surface area contributed by atoms with Crippen LogP contribution in [0.25, 0.3) is 5.57 Å². The normalized spacial score (nSPS) is 10.8. The first-order valence-corrected chi connectivity index (χ1v) is 5.78. The topological polar surface area (TPSA) is 0 Å². The van der Waals surface area contributed by atoms with Gasteiger partial charge in [0.2, 0.25) is 0 Å². The predicted octanol–water partition coefficient (Wildman–Crippen LogP) is 5.34. The second-order valence-corrected chi connectivity index (χ2v) is 3.44. The van der Waals surface area contributed by atoms with Crippen LogP contribution in [0.3, 0.4) is 0 Å². The van der Waals surface area contributed by atoms with E-state index >= 15 is 0 Å². The Morgan fingerprint density at radius 3 is 1.94 bits per heavy atom. The molecule has 0 bridgehead atoms. The maximum atomic E-state index is 6.00. The molecule has 0 atom stereocenters. The number of halogens is 1. The Bertz CT molecular complexity index is 369. The van der Waals surface area contributed by atoms with Gasteiger partial charge in [-0.15, -0.1) is 0 Å². The van der Waals surface area contributed by atoms with E-state index in [1.54, 1.807) is 12.2 Å². The van der Waals surface area contributed by atoms with Gasteiger partial charge < -0.3 is 0 Å². The monoisotopic (exact) mass is 234 g/mol. The standard InChI is InChI=1S/C13H13Cl.C2H6/c1-4-12(13(14)5-2)11-8-6-10(3)7-9-11;1-2/h4-9H,1-2H2,3H3;1-2H3/b13-12-;. The molecular weight excluding hydrogens is 216 g/mol. The van der Waals surface area contributed by atoms with Gasteiger partial charge in [0.1, 0.15) is 0 Å². The fourth-order valence-electron chi connectivity index (χ4n) is 1.20. The molecule has 1 aromatic rings. The predicted molar refractivity (Wildman–Crippen MR) is 75.7 cm³/mol. The molecule has 0 saturated heterocycles. The van der Waals surface area contributed by atoms with Gasteiger partial charge >= 0.3 is 0 Å². The maximum absolute atomic E-state index is 6.00. The lowest BCUT2D eigenvalue weighted by Gasteiger charge is -2.04. The Labute approximate surface area is 104 Å². The third kappa shape index (κ3) is 4.08.